The van der Waals surface area contributed by atoms with E-state index in [1.54, 1.807) is 6.07 Å². The molecule has 1 aliphatic rings. The van der Waals surface area contributed by atoms with E-state index in [0.29, 0.717) is 25.2 Å². The van der Waals surface area contributed by atoms with E-state index in [-0.39, 0.29) is 35.0 Å². The van der Waals surface area contributed by atoms with Gasteiger partial charge in [-0.05, 0) is 37.5 Å². The third-order valence-corrected chi connectivity index (χ3v) is 5.08. The molecule has 1 N–H and O–H groups in total. The fourth-order valence-electron chi connectivity index (χ4n) is 3.42. The fraction of sp³-hybridized carbons (Fsp3) is 0.350. The summed E-state index contributed by atoms with van der Waals surface area (Å²) in [6.07, 6.45) is -2.85. The molecule has 0 radical (unpaired) electrons. The molecule has 12 heteroatoms. The monoisotopic (exact) mass is 450 g/mol. The Morgan fingerprint density at radius 1 is 1.47 bits per heavy atom. The maximum atomic E-state index is 13.2. The van der Waals surface area contributed by atoms with Gasteiger partial charge in [0.2, 0.25) is 5.88 Å². The van der Waals surface area contributed by atoms with Crippen LogP contribution in [0.4, 0.5) is 24.5 Å². The SMILES string of the molecule is Cc1c(C=Nc2ccc([N+](=O)[O-])c(C(F)(F)F)c2)c(O)n(CC2CCCO2)c(=O)c1C#N. The summed E-state index contributed by atoms with van der Waals surface area (Å²) in [6.45, 7) is 1.90. The number of ether oxygens (including phenoxy) is 1. The highest BCUT2D eigenvalue weighted by molar-refractivity contribution is 5.87. The molecular formula is C20H17F3N4O5. The lowest BCUT2D eigenvalue weighted by Crippen LogP contribution is -2.29. The summed E-state index contributed by atoms with van der Waals surface area (Å²) < 4.78 is 46.0. The highest BCUT2D eigenvalue weighted by Gasteiger charge is 2.38. The Labute approximate surface area is 179 Å². The Bertz CT molecular complexity index is 1190. The maximum absolute atomic E-state index is 13.2. The predicted molar refractivity (Wildman–Crippen MR) is 106 cm³/mol. The lowest BCUT2D eigenvalue weighted by Gasteiger charge is -2.17. The Kier molecular flexibility index (Phi) is 6.31. The van der Waals surface area contributed by atoms with Crippen LogP contribution in [-0.2, 0) is 17.5 Å². The van der Waals surface area contributed by atoms with Crippen molar-refractivity contribution in [3.8, 4) is 11.9 Å². The van der Waals surface area contributed by atoms with Crippen LogP contribution in [0, 0.1) is 28.4 Å². The molecule has 1 aromatic carbocycles. The zero-order valence-electron chi connectivity index (χ0n) is 16.7. The van der Waals surface area contributed by atoms with Crippen LogP contribution in [0.5, 0.6) is 5.88 Å². The number of aromatic nitrogens is 1. The molecule has 2 heterocycles. The van der Waals surface area contributed by atoms with E-state index in [1.165, 1.54) is 6.92 Å². The number of aromatic hydroxyl groups is 1. The molecule has 1 atom stereocenters. The van der Waals surface area contributed by atoms with Gasteiger partial charge in [-0.25, -0.2) is 0 Å². The molecule has 1 saturated heterocycles. The van der Waals surface area contributed by atoms with E-state index in [4.69, 9.17) is 4.74 Å². The second-order valence-electron chi connectivity index (χ2n) is 7.11. The molecule has 1 fully saturated rings. The Morgan fingerprint density at radius 3 is 2.75 bits per heavy atom. The Balaban J connectivity index is 2.08. The largest absolute Gasteiger partial charge is 0.494 e. The number of nitrogens with zero attached hydrogens (tertiary/aromatic N) is 4. The Morgan fingerprint density at radius 2 is 2.19 bits per heavy atom. The molecule has 0 bridgehead atoms. The molecule has 3 rings (SSSR count). The van der Waals surface area contributed by atoms with Gasteiger partial charge in [0.25, 0.3) is 11.2 Å². The summed E-state index contributed by atoms with van der Waals surface area (Å²) in [6, 6.07) is 3.98. The molecular weight excluding hydrogens is 433 g/mol. The van der Waals surface area contributed by atoms with Crippen molar-refractivity contribution < 1.29 is 27.9 Å². The van der Waals surface area contributed by atoms with Crippen LogP contribution in [0.2, 0.25) is 0 Å². The second kappa shape index (κ2) is 8.80. The zero-order valence-corrected chi connectivity index (χ0v) is 16.7. The van der Waals surface area contributed by atoms with Gasteiger partial charge in [-0.2, -0.15) is 18.4 Å². The van der Waals surface area contributed by atoms with E-state index in [9.17, 15) is 38.4 Å². The number of halogens is 3. The number of rotatable bonds is 5. The van der Waals surface area contributed by atoms with E-state index in [1.807, 2.05) is 0 Å². The maximum Gasteiger partial charge on any atom is 0.423 e. The minimum atomic E-state index is -4.98. The van der Waals surface area contributed by atoms with Crippen molar-refractivity contribution in [3.63, 3.8) is 0 Å². The summed E-state index contributed by atoms with van der Waals surface area (Å²) in [5.41, 5.74) is -3.76. The summed E-state index contributed by atoms with van der Waals surface area (Å²) in [7, 11) is 0. The van der Waals surface area contributed by atoms with Crippen LogP contribution in [0.25, 0.3) is 0 Å². The van der Waals surface area contributed by atoms with Crippen LogP contribution in [0.3, 0.4) is 0 Å². The molecule has 0 spiro atoms. The molecule has 32 heavy (non-hydrogen) atoms. The molecule has 9 nitrogen and oxygen atoms in total. The van der Waals surface area contributed by atoms with Gasteiger partial charge < -0.3 is 9.84 Å². The fourth-order valence-corrected chi connectivity index (χ4v) is 3.42. The molecule has 168 valence electrons. The van der Waals surface area contributed by atoms with Gasteiger partial charge in [0, 0.05) is 18.9 Å². The van der Waals surface area contributed by atoms with Crippen LogP contribution in [0.15, 0.2) is 28.0 Å². The molecule has 0 amide bonds. The van der Waals surface area contributed by atoms with Crippen LogP contribution in [0.1, 0.15) is 35.1 Å². The minimum Gasteiger partial charge on any atom is -0.494 e. The second-order valence-corrected chi connectivity index (χ2v) is 7.11. The summed E-state index contributed by atoms with van der Waals surface area (Å²) in [5.74, 6) is -0.510. The van der Waals surface area contributed by atoms with E-state index in [2.05, 4.69) is 4.99 Å². The van der Waals surface area contributed by atoms with Crippen molar-refractivity contribution in [2.24, 2.45) is 4.99 Å². The third-order valence-electron chi connectivity index (χ3n) is 5.08. The van der Waals surface area contributed by atoms with Crippen molar-refractivity contribution >= 4 is 17.6 Å². The van der Waals surface area contributed by atoms with Crippen molar-refractivity contribution in [2.75, 3.05) is 6.61 Å². The van der Waals surface area contributed by atoms with Crippen molar-refractivity contribution in [2.45, 2.75) is 38.6 Å². The third kappa shape index (κ3) is 4.47. The first-order chi connectivity index (χ1) is 15.0. The van der Waals surface area contributed by atoms with Gasteiger partial charge in [0.05, 0.1) is 28.8 Å². The average molecular weight is 450 g/mol. The highest BCUT2D eigenvalue weighted by atomic mass is 19.4. The number of pyridine rings is 1. The number of benzene rings is 1. The van der Waals surface area contributed by atoms with Gasteiger partial charge in [-0.15, -0.1) is 0 Å². The predicted octanol–water partition coefficient (Wildman–Crippen LogP) is 3.59. The number of alkyl halides is 3. The Hall–Kier alpha value is -3.72. The summed E-state index contributed by atoms with van der Waals surface area (Å²) in [4.78, 5) is 26.2. The van der Waals surface area contributed by atoms with Gasteiger partial charge in [0.1, 0.15) is 17.2 Å². The standard InChI is InChI=1S/C20H17F3N4O5/c1-11-14(8-24)18(28)26(10-13-3-2-6-32-13)19(29)15(11)9-25-12-4-5-17(27(30)31)16(7-12)20(21,22)23/h4-5,7,9,13,29H,2-3,6,10H2,1H3. The van der Waals surface area contributed by atoms with E-state index >= 15 is 0 Å². The summed E-state index contributed by atoms with van der Waals surface area (Å²) >= 11 is 0. The highest BCUT2D eigenvalue weighted by Crippen LogP contribution is 2.38. The number of hydrogen-bond donors (Lipinski definition) is 1. The number of hydrogen-bond acceptors (Lipinski definition) is 7. The van der Waals surface area contributed by atoms with Gasteiger partial charge in [-0.1, -0.05) is 0 Å². The number of aliphatic imine (C=N–C) groups is 1. The van der Waals surface area contributed by atoms with E-state index < -0.39 is 33.8 Å². The topological polar surface area (TPSA) is 131 Å². The van der Waals surface area contributed by atoms with Crippen LogP contribution < -0.4 is 5.56 Å². The molecule has 0 saturated carbocycles. The lowest BCUT2D eigenvalue weighted by atomic mass is 10.1. The molecule has 0 aliphatic carbocycles. The smallest absolute Gasteiger partial charge is 0.423 e. The van der Waals surface area contributed by atoms with Crippen LogP contribution >= 0.6 is 0 Å². The normalized spacial score (nSPS) is 16.4. The van der Waals surface area contributed by atoms with Crippen molar-refractivity contribution in [3.05, 3.63) is 60.9 Å². The number of nitro benzene ring substituents is 1. The first kappa shape index (κ1) is 23.0. The first-order valence-corrected chi connectivity index (χ1v) is 9.42. The van der Waals surface area contributed by atoms with Gasteiger partial charge >= 0.3 is 6.18 Å². The zero-order chi connectivity index (χ0) is 23.6. The molecule has 2 aromatic rings. The van der Waals surface area contributed by atoms with Crippen molar-refractivity contribution in [1.29, 1.82) is 5.26 Å². The van der Waals surface area contributed by atoms with E-state index in [0.717, 1.165) is 23.3 Å². The quantitative estimate of drug-likeness (QED) is 0.421. The molecule has 1 aromatic heterocycles. The van der Waals surface area contributed by atoms with Crippen LogP contribution in [-0.4, -0.2) is 33.5 Å². The molecule has 1 aliphatic heterocycles. The first-order valence-electron chi connectivity index (χ1n) is 9.42. The summed E-state index contributed by atoms with van der Waals surface area (Å²) in [5, 5.41) is 30.9. The number of nitriles is 1. The minimum absolute atomic E-state index is 0.00375. The molecule has 1 unspecified atom stereocenters. The number of nitro groups is 1. The van der Waals surface area contributed by atoms with Gasteiger partial charge in [-0.3, -0.25) is 24.5 Å². The van der Waals surface area contributed by atoms with Crippen molar-refractivity contribution in [1.82, 2.24) is 4.57 Å². The lowest BCUT2D eigenvalue weighted by molar-refractivity contribution is -0.388. The van der Waals surface area contributed by atoms with Gasteiger partial charge in [0.15, 0.2) is 0 Å². The average Bonchev–Trinajstić information content (AvgIpc) is 3.24.